The normalized spacial score (nSPS) is 13.0. The van der Waals surface area contributed by atoms with Gasteiger partial charge in [0.05, 0.1) is 0 Å². The maximum absolute atomic E-state index is 12.2. The minimum atomic E-state index is -0.861. The number of amides is 2. The van der Waals surface area contributed by atoms with Gasteiger partial charge in [-0.05, 0) is 41.0 Å². The summed E-state index contributed by atoms with van der Waals surface area (Å²) in [4.78, 5) is 34.6. The van der Waals surface area contributed by atoms with Gasteiger partial charge in [0.1, 0.15) is 6.61 Å². The summed E-state index contributed by atoms with van der Waals surface area (Å²) >= 11 is 0. The molecule has 0 saturated carbocycles. The highest BCUT2D eigenvalue weighted by Gasteiger charge is 2.28. The molecule has 0 aromatic heterocycles. The van der Waals surface area contributed by atoms with E-state index in [2.05, 4.69) is 34.9 Å². The number of carbonyl (C=O) groups excluding carboxylic acids is 2. The van der Waals surface area contributed by atoms with Crippen molar-refractivity contribution in [1.82, 2.24) is 10.6 Å². The van der Waals surface area contributed by atoms with Crippen LogP contribution in [-0.2, 0) is 14.3 Å². The topological polar surface area (TPSA) is 105 Å². The molecule has 0 saturated heterocycles. The second-order valence-electron chi connectivity index (χ2n) is 8.57. The summed E-state index contributed by atoms with van der Waals surface area (Å²) in [5, 5.41) is 14.3. The first-order chi connectivity index (χ1) is 16.0. The van der Waals surface area contributed by atoms with Gasteiger partial charge in [-0.3, -0.25) is 9.59 Å². The fraction of sp³-hybridized carbons (Fsp3) is 0.423. The lowest BCUT2D eigenvalue weighted by Gasteiger charge is -2.14. The summed E-state index contributed by atoms with van der Waals surface area (Å²) in [6.45, 7) is 2.95. The molecule has 3 rings (SSSR count). The summed E-state index contributed by atoms with van der Waals surface area (Å²) in [5.41, 5.74) is 4.76. The Morgan fingerprint density at radius 2 is 1.58 bits per heavy atom. The molecule has 7 heteroatoms. The quantitative estimate of drug-likeness (QED) is 0.416. The van der Waals surface area contributed by atoms with Gasteiger partial charge in [0.2, 0.25) is 5.91 Å². The van der Waals surface area contributed by atoms with Crippen LogP contribution in [0.2, 0.25) is 0 Å². The Morgan fingerprint density at radius 1 is 0.939 bits per heavy atom. The Hall–Kier alpha value is -3.35. The number of aliphatic carboxylic acids is 1. The third-order valence-electron chi connectivity index (χ3n) is 5.86. The molecule has 0 bridgehead atoms. The zero-order valence-corrected chi connectivity index (χ0v) is 19.0. The average Bonchev–Trinajstić information content (AvgIpc) is 3.12. The van der Waals surface area contributed by atoms with E-state index in [0.717, 1.165) is 12.8 Å². The average molecular weight is 453 g/mol. The highest BCUT2D eigenvalue weighted by molar-refractivity contribution is 5.79. The van der Waals surface area contributed by atoms with E-state index < -0.39 is 12.1 Å². The zero-order chi connectivity index (χ0) is 23.6. The van der Waals surface area contributed by atoms with Gasteiger partial charge in [0.15, 0.2) is 0 Å². The molecule has 0 radical (unpaired) electrons. The van der Waals surface area contributed by atoms with Crippen LogP contribution in [-0.4, -0.2) is 42.8 Å². The summed E-state index contributed by atoms with van der Waals surface area (Å²) in [6, 6.07) is 16.4. The first-order valence-corrected chi connectivity index (χ1v) is 11.5. The van der Waals surface area contributed by atoms with E-state index in [9.17, 15) is 14.4 Å². The van der Waals surface area contributed by atoms with E-state index >= 15 is 0 Å². The van der Waals surface area contributed by atoms with Crippen molar-refractivity contribution in [2.45, 2.75) is 44.9 Å². The Bertz CT molecular complexity index is 929. The van der Waals surface area contributed by atoms with Crippen molar-refractivity contribution in [2.75, 3.05) is 19.7 Å². The van der Waals surface area contributed by atoms with Gasteiger partial charge in [-0.25, -0.2) is 4.79 Å². The van der Waals surface area contributed by atoms with Gasteiger partial charge >= 0.3 is 12.1 Å². The monoisotopic (exact) mass is 452 g/mol. The van der Waals surface area contributed by atoms with E-state index in [1.165, 1.54) is 22.3 Å². The molecule has 0 heterocycles. The van der Waals surface area contributed by atoms with Crippen LogP contribution < -0.4 is 10.6 Å². The van der Waals surface area contributed by atoms with Crippen LogP contribution in [0.4, 0.5) is 4.79 Å². The second kappa shape index (κ2) is 12.0. The van der Waals surface area contributed by atoms with Crippen molar-refractivity contribution in [3.63, 3.8) is 0 Å². The van der Waals surface area contributed by atoms with Crippen LogP contribution in [0.3, 0.4) is 0 Å². The van der Waals surface area contributed by atoms with Gasteiger partial charge < -0.3 is 20.5 Å². The number of nitrogens with one attached hydrogen (secondary N) is 2. The van der Waals surface area contributed by atoms with Crippen molar-refractivity contribution in [3.05, 3.63) is 59.7 Å². The minimum absolute atomic E-state index is 0.0416. The maximum atomic E-state index is 12.2. The highest BCUT2D eigenvalue weighted by Crippen LogP contribution is 2.44. The van der Waals surface area contributed by atoms with Crippen LogP contribution >= 0.6 is 0 Å². The van der Waals surface area contributed by atoms with Crippen molar-refractivity contribution >= 4 is 18.0 Å². The largest absolute Gasteiger partial charge is 0.481 e. The fourth-order valence-electron chi connectivity index (χ4n) is 4.17. The van der Waals surface area contributed by atoms with Gasteiger partial charge in [-0.15, -0.1) is 0 Å². The molecule has 2 amide bonds. The Balaban J connectivity index is 1.30. The smallest absolute Gasteiger partial charge is 0.407 e. The summed E-state index contributed by atoms with van der Waals surface area (Å²) in [7, 11) is 0. The van der Waals surface area contributed by atoms with E-state index in [1.54, 1.807) is 6.92 Å². The molecule has 1 atom stereocenters. The number of benzene rings is 2. The van der Waals surface area contributed by atoms with Gasteiger partial charge in [0, 0.05) is 31.8 Å². The van der Waals surface area contributed by atoms with Crippen LogP contribution in [0.15, 0.2) is 48.5 Å². The molecular weight excluding hydrogens is 420 g/mol. The SMILES string of the molecule is CC(CNC(=O)CCCCCNC(=O)OCC1c2ccccc2-c2ccccc21)CC(=O)O. The molecule has 2 aromatic carbocycles. The lowest BCUT2D eigenvalue weighted by molar-refractivity contribution is -0.138. The molecule has 1 unspecified atom stereocenters. The van der Waals surface area contributed by atoms with Crippen molar-refractivity contribution < 1.29 is 24.2 Å². The van der Waals surface area contributed by atoms with Crippen molar-refractivity contribution in [2.24, 2.45) is 5.92 Å². The number of rotatable bonds is 12. The third-order valence-corrected chi connectivity index (χ3v) is 5.86. The number of ether oxygens (including phenoxy) is 1. The van der Waals surface area contributed by atoms with Crippen molar-refractivity contribution in [3.8, 4) is 11.1 Å². The molecule has 1 aliphatic carbocycles. The fourth-order valence-corrected chi connectivity index (χ4v) is 4.17. The van der Waals surface area contributed by atoms with E-state index in [0.29, 0.717) is 32.5 Å². The molecule has 3 N–H and O–H groups in total. The van der Waals surface area contributed by atoms with Gasteiger partial charge in [-0.1, -0.05) is 61.9 Å². The molecule has 0 fully saturated rings. The van der Waals surface area contributed by atoms with E-state index in [4.69, 9.17) is 9.84 Å². The first-order valence-electron chi connectivity index (χ1n) is 11.5. The number of carboxylic acids is 1. The molecule has 0 spiro atoms. The van der Waals surface area contributed by atoms with Gasteiger partial charge in [0.25, 0.3) is 0 Å². The number of carboxylic acid groups (broad SMARTS) is 1. The predicted molar refractivity (Wildman–Crippen MR) is 126 cm³/mol. The van der Waals surface area contributed by atoms with Crippen molar-refractivity contribution in [1.29, 1.82) is 0 Å². The minimum Gasteiger partial charge on any atom is -0.481 e. The van der Waals surface area contributed by atoms with Crippen LogP contribution in [0.1, 0.15) is 56.1 Å². The Morgan fingerprint density at radius 3 is 2.21 bits per heavy atom. The molecule has 33 heavy (non-hydrogen) atoms. The number of hydrogen-bond acceptors (Lipinski definition) is 4. The lowest BCUT2D eigenvalue weighted by atomic mass is 9.98. The number of fused-ring (bicyclic) bond motifs is 3. The number of hydrogen-bond donors (Lipinski definition) is 3. The predicted octanol–water partition coefficient (Wildman–Crippen LogP) is 4.31. The molecule has 176 valence electrons. The van der Waals surface area contributed by atoms with Crippen LogP contribution in [0.5, 0.6) is 0 Å². The van der Waals surface area contributed by atoms with Crippen LogP contribution in [0.25, 0.3) is 11.1 Å². The Labute approximate surface area is 194 Å². The standard InChI is InChI=1S/C26H32N2O5/c1-18(15-25(30)31)16-28-24(29)13-3-2-8-14-27-26(32)33-17-23-21-11-6-4-9-19(21)20-10-5-7-12-22(20)23/h4-7,9-12,18,23H,2-3,8,13-17H2,1H3,(H,27,32)(H,28,29)(H,30,31). The molecule has 0 aliphatic heterocycles. The number of carbonyl (C=O) groups is 3. The third kappa shape index (κ3) is 7.07. The van der Waals surface area contributed by atoms with Gasteiger partial charge in [-0.2, -0.15) is 0 Å². The summed E-state index contributed by atoms with van der Waals surface area (Å²) in [5.74, 6) is -0.981. The second-order valence-corrected chi connectivity index (χ2v) is 8.57. The zero-order valence-electron chi connectivity index (χ0n) is 19.0. The summed E-state index contributed by atoms with van der Waals surface area (Å²) < 4.78 is 5.51. The maximum Gasteiger partial charge on any atom is 0.407 e. The van der Waals surface area contributed by atoms with Crippen LogP contribution in [0, 0.1) is 5.92 Å². The Kier molecular flexibility index (Phi) is 8.87. The summed E-state index contributed by atoms with van der Waals surface area (Å²) in [6.07, 6.45) is 2.29. The first kappa shape index (κ1) is 24.3. The molecule has 2 aromatic rings. The van der Waals surface area contributed by atoms with E-state index in [-0.39, 0.29) is 24.2 Å². The van der Waals surface area contributed by atoms with E-state index in [1.807, 2.05) is 24.3 Å². The number of unbranched alkanes of at least 4 members (excludes halogenated alkanes) is 2. The molecule has 7 nitrogen and oxygen atoms in total. The molecular formula is C26H32N2O5. The lowest BCUT2D eigenvalue weighted by Crippen LogP contribution is -2.29. The molecule has 1 aliphatic rings. The number of alkyl carbamates (subject to hydrolysis) is 1. The highest BCUT2D eigenvalue weighted by atomic mass is 16.5.